The van der Waals surface area contributed by atoms with E-state index < -0.39 is 6.04 Å². The summed E-state index contributed by atoms with van der Waals surface area (Å²) in [4.78, 5) is 43.5. The Morgan fingerprint density at radius 1 is 1.10 bits per heavy atom. The van der Waals surface area contributed by atoms with Gasteiger partial charge in [0.15, 0.2) is 0 Å². The fourth-order valence-corrected chi connectivity index (χ4v) is 5.99. The van der Waals surface area contributed by atoms with Crippen LogP contribution in [0.4, 0.5) is 0 Å². The van der Waals surface area contributed by atoms with Crippen LogP contribution in [-0.4, -0.2) is 71.8 Å². The summed E-state index contributed by atoms with van der Waals surface area (Å²) in [5.41, 5.74) is 8.40. The van der Waals surface area contributed by atoms with Gasteiger partial charge in [-0.2, -0.15) is 0 Å². The number of aryl methyl sites for hydroxylation is 1. The Bertz CT molecular complexity index is 1160. The van der Waals surface area contributed by atoms with E-state index in [1.54, 1.807) is 30.1 Å². The smallest absolute Gasteiger partial charge is 0.243 e. The number of carbonyl (C=O) groups is 3. The molecule has 4 rings (SSSR count). The van der Waals surface area contributed by atoms with E-state index >= 15 is 0 Å². The topological polar surface area (TPSA) is 108 Å². The van der Waals surface area contributed by atoms with Gasteiger partial charge in [0.2, 0.25) is 17.7 Å². The van der Waals surface area contributed by atoms with Crippen LogP contribution in [0.3, 0.4) is 0 Å². The van der Waals surface area contributed by atoms with Crippen molar-refractivity contribution in [1.29, 1.82) is 0 Å². The van der Waals surface area contributed by atoms with Crippen LogP contribution < -0.4 is 16.4 Å². The van der Waals surface area contributed by atoms with E-state index in [1.165, 1.54) is 5.56 Å². The van der Waals surface area contributed by atoms with Gasteiger partial charge in [-0.1, -0.05) is 59.6 Å². The lowest BCUT2D eigenvalue weighted by atomic mass is 10.0. The van der Waals surface area contributed by atoms with Crippen LogP contribution in [0.1, 0.15) is 43.2 Å². The molecule has 1 unspecified atom stereocenters. The number of carbonyl (C=O) groups excluding carboxylic acids is 3. The molecule has 2 aromatic carbocycles. The highest BCUT2D eigenvalue weighted by Crippen LogP contribution is 2.30. The molecule has 0 spiro atoms. The molecule has 0 radical (unpaired) electrons. The van der Waals surface area contributed by atoms with Crippen molar-refractivity contribution in [2.75, 3.05) is 20.1 Å². The molecule has 10 heteroatoms. The summed E-state index contributed by atoms with van der Waals surface area (Å²) in [7, 11) is 1.56. The Labute approximate surface area is 240 Å². The van der Waals surface area contributed by atoms with Gasteiger partial charge < -0.3 is 21.3 Å². The first-order chi connectivity index (χ1) is 18.8. The molecule has 39 heavy (non-hydrogen) atoms. The van der Waals surface area contributed by atoms with Crippen LogP contribution >= 0.6 is 23.2 Å². The largest absolute Gasteiger partial charge is 0.359 e. The van der Waals surface area contributed by atoms with Gasteiger partial charge in [0.05, 0.1) is 16.1 Å². The SMILES string of the molecule is CNC(=O)CC[C@H](C(=O)NCc1ccc(Cl)c(Cl)c1)N1CCC(CCc2ccccc2)N2C[C@H](N)C[C@H]2C1=O. The Hall–Kier alpha value is -2.65. The predicted octanol–water partition coefficient (Wildman–Crippen LogP) is 3.14. The summed E-state index contributed by atoms with van der Waals surface area (Å²) >= 11 is 12.2. The van der Waals surface area contributed by atoms with Gasteiger partial charge in [0, 0.05) is 45.2 Å². The molecule has 2 fully saturated rings. The maximum Gasteiger partial charge on any atom is 0.243 e. The normalized spacial score (nSPS) is 22.2. The highest BCUT2D eigenvalue weighted by Gasteiger charge is 2.45. The van der Waals surface area contributed by atoms with Crippen LogP contribution in [0.25, 0.3) is 0 Å². The van der Waals surface area contributed by atoms with Gasteiger partial charge in [0.1, 0.15) is 6.04 Å². The second-order valence-electron chi connectivity index (χ2n) is 10.4. The van der Waals surface area contributed by atoms with Crippen molar-refractivity contribution in [3.8, 4) is 0 Å². The number of nitrogens with zero attached hydrogens (tertiary/aromatic N) is 2. The van der Waals surface area contributed by atoms with Crippen LogP contribution in [-0.2, 0) is 27.3 Å². The number of hydrogen-bond donors (Lipinski definition) is 3. The van der Waals surface area contributed by atoms with E-state index in [0.29, 0.717) is 29.6 Å². The maximum absolute atomic E-state index is 13.9. The molecule has 0 saturated carbocycles. The van der Waals surface area contributed by atoms with Gasteiger partial charge in [-0.3, -0.25) is 19.3 Å². The quantitative estimate of drug-likeness (QED) is 0.404. The van der Waals surface area contributed by atoms with E-state index in [2.05, 4.69) is 27.7 Å². The molecule has 2 aliphatic rings. The zero-order valence-corrected chi connectivity index (χ0v) is 23.8. The minimum Gasteiger partial charge on any atom is -0.359 e. The van der Waals surface area contributed by atoms with E-state index in [0.717, 1.165) is 24.8 Å². The first kappa shape index (κ1) is 29.3. The highest BCUT2D eigenvalue weighted by atomic mass is 35.5. The third-order valence-corrected chi connectivity index (χ3v) is 8.51. The molecule has 0 aromatic heterocycles. The number of hydrogen-bond acceptors (Lipinski definition) is 5. The Kier molecular flexibility index (Phi) is 10.2. The average molecular weight is 575 g/mol. The van der Waals surface area contributed by atoms with Crippen molar-refractivity contribution in [2.45, 2.75) is 69.2 Å². The second kappa shape index (κ2) is 13.6. The number of rotatable bonds is 10. The summed E-state index contributed by atoms with van der Waals surface area (Å²) < 4.78 is 0. The molecule has 4 atom stereocenters. The molecule has 0 aliphatic carbocycles. The zero-order valence-electron chi connectivity index (χ0n) is 22.2. The molecule has 4 N–H and O–H groups in total. The van der Waals surface area contributed by atoms with Crippen molar-refractivity contribution < 1.29 is 14.4 Å². The lowest BCUT2D eigenvalue weighted by Gasteiger charge is -2.32. The van der Waals surface area contributed by atoms with Gasteiger partial charge >= 0.3 is 0 Å². The number of nitrogens with two attached hydrogens (primary N) is 1. The van der Waals surface area contributed by atoms with Crippen molar-refractivity contribution in [1.82, 2.24) is 20.4 Å². The molecule has 2 aliphatic heterocycles. The van der Waals surface area contributed by atoms with Crippen LogP contribution in [0.2, 0.25) is 10.0 Å². The molecule has 2 aromatic rings. The third kappa shape index (κ3) is 7.51. The van der Waals surface area contributed by atoms with Gasteiger partial charge in [-0.25, -0.2) is 0 Å². The summed E-state index contributed by atoms with van der Waals surface area (Å²) in [5.74, 6) is -0.559. The number of fused-ring (bicyclic) bond motifs is 1. The number of benzene rings is 2. The molecule has 0 bridgehead atoms. The van der Waals surface area contributed by atoms with Crippen molar-refractivity contribution in [3.63, 3.8) is 0 Å². The van der Waals surface area contributed by atoms with E-state index in [9.17, 15) is 14.4 Å². The standard InChI is InChI=1S/C29H37Cl2N5O3/c1-33-27(37)12-11-25(28(38)34-17-20-8-10-23(30)24(31)15-20)35-14-13-22(9-7-19-5-3-2-4-6-19)36-18-21(32)16-26(36)29(35)39/h2-6,8,10,15,21-22,25-26H,7,9,11-14,16-18,32H2,1H3,(H,33,37)(H,34,38)/t21-,22?,25-,26+/m1/s1. The fraction of sp³-hybridized carbons (Fsp3) is 0.483. The minimum atomic E-state index is -0.774. The van der Waals surface area contributed by atoms with Crippen molar-refractivity contribution in [3.05, 3.63) is 69.7 Å². The van der Waals surface area contributed by atoms with Crippen LogP contribution in [0.15, 0.2) is 48.5 Å². The van der Waals surface area contributed by atoms with E-state index in [1.807, 2.05) is 18.2 Å². The Morgan fingerprint density at radius 3 is 2.59 bits per heavy atom. The van der Waals surface area contributed by atoms with Gasteiger partial charge in [0.25, 0.3) is 0 Å². The summed E-state index contributed by atoms with van der Waals surface area (Å²) in [6.07, 6.45) is 3.47. The minimum absolute atomic E-state index is 0.0863. The molecule has 3 amide bonds. The lowest BCUT2D eigenvalue weighted by Crippen LogP contribution is -2.53. The second-order valence-corrected chi connectivity index (χ2v) is 11.2. The Morgan fingerprint density at radius 2 is 1.87 bits per heavy atom. The predicted molar refractivity (Wildman–Crippen MR) is 153 cm³/mol. The van der Waals surface area contributed by atoms with Gasteiger partial charge in [-0.15, -0.1) is 0 Å². The van der Waals surface area contributed by atoms with E-state index in [4.69, 9.17) is 28.9 Å². The summed E-state index contributed by atoms with van der Waals surface area (Å²) in [6.45, 7) is 1.34. The van der Waals surface area contributed by atoms with Crippen molar-refractivity contribution in [2.24, 2.45) is 5.73 Å². The molecule has 210 valence electrons. The summed E-state index contributed by atoms with van der Waals surface area (Å²) in [6, 6.07) is 14.4. The monoisotopic (exact) mass is 573 g/mol. The molecule has 8 nitrogen and oxygen atoms in total. The summed E-state index contributed by atoms with van der Waals surface area (Å²) in [5, 5.41) is 6.40. The third-order valence-electron chi connectivity index (χ3n) is 7.77. The maximum atomic E-state index is 13.9. The first-order valence-corrected chi connectivity index (χ1v) is 14.3. The molecule has 2 saturated heterocycles. The molecular weight excluding hydrogens is 537 g/mol. The molecule has 2 heterocycles. The van der Waals surface area contributed by atoms with E-state index in [-0.39, 0.29) is 55.2 Å². The van der Waals surface area contributed by atoms with Crippen LogP contribution in [0, 0.1) is 0 Å². The van der Waals surface area contributed by atoms with Crippen LogP contribution in [0.5, 0.6) is 0 Å². The highest BCUT2D eigenvalue weighted by molar-refractivity contribution is 6.42. The Balaban J connectivity index is 1.51. The first-order valence-electron chi connectivity index (χ1n) is 13.5. The number of halogens is 2. The fourth-order valence-electron chi connectivity index (χ4n) is 5.67. The zero-order chi connectivity index (χ0) is 27.9. The number of nitrogens with one attached hydrogen (secondary N) is 2. The van der Waals surface area contributed by atoms with Crippen molar-refractivity contribution >= 4 is 40.9 Å². The van der Waals surface area contributed by atoms with Gasteiger partial charge in [-0.05, 0) is 55.4 Å². The number of amides is 3. The molecular formula is C29H37Cl2N5O3. The lowest BCUT2D eigenvalue weighted by molar-refractivity contribution is -0.143. The average Bonchev–Trinajstić information content (AvgIpc) is 3.28.